The molecule has 0 saturated heterocycles. The molecule has 0 saturated carbocycles. The van der Waals surface area contributed by atoms with Gasteiger partial charge in [0.05, 0.1) is 17.1 Å². The third kappa shape index (κ3) is 6.62. The van der Waals surface area contributed by atoms with Gasteiger partial charge in [-0.25, -0.2) is 8.42 Å². The third-order valence-electron chi connectivity index (χ3n) is 5.77. The summed E-state index contributed by atoms with van der Waals surface area (Å²) >= 11 is 0. The maximum absolute atomic E-state index is 12.0. The van der Waals surface area contributed by atoms with Crippen molar-refractivity contribution in [1.29, 1.82) is 0 Å². The van der Waals surface area contributed by atoms with Gasteiger partial charge in [-0.2, -0.15) is 0 Å². The van der Waals surface area contributed by atoms with Gasteiger partial charge >= 0.3 is 0 Å². The van der Waals surface area contributed by atoms with Gasteiger partial charge in [0.25, 0.3) is 0 Å². The lowest BCUT2D eigenvalue weighted by molar-refractivity contribution is -0.0149. The summed E-state index contributed by atoms with van der Waals surface area (Å²) in [4.78, 5) is 0.290. The molecule has 0 aliphatic rings. The number of sulfone groups is 1. The molecule has 0 aliphatic heterocycles. The Bertz CT molecular complexity index is 1400. The predicted molar refractivity (Wildman–Crippen MR) is 146 cm³/mol. The molecule has 0 radical (unpaired) electrons. The molecular formula is C31H32O4S. The second-order valence-corrected chi connectivity index (χ2v) is 11.9. The van der Waals surface area contributed by atoms with Crippen molar-refractivity contribution in [3.05, 3.63) is 108 Å². The lowest BCUT2D eigenvalue weighted by atomic mass is 9.93. The predicted octanol–water partition coefficient (Wildman–Crippen LogP) is 7.32. The van der Waals surface area contributed by atoms with Crippen LogP contribution in [0.3, 0.4) is 0 Å². The van der Waals surface area contributed by atoms with Gasteiger partial charge in [0.1, 0.15) is 12.4 Å². The summed E-state index contributed by atoms with van der Waals surface area (Å²) in [6.07, 6.45) is 1.22. The lowest BCUT2D eigenvalue weighted by Gasteiger charge is -2.20. The van der Waals surface area contributed by atoms with Crippen molar-refractivity contribution in [1.82, 2.24) is 0 Å². The molecule has 4 rings (SSSR count). The van der Waals surface area contributed by atoms with Crippen LogP contribution in [0.4, 0.5) is 0 Å². The Labute approximate surface area is 214 Å². The average molecular weight is 501 g/mol. The summed E-state index contributed by atoms with van der Waals surface area (Å²) in [5, 5.41) is 0. The van der Waals surface area contributed by atoms with E-state index < -0.39 is 9.84 Å². The lowest BCUT2D eigenvalue weighted by Crippen LogP contribution is -2.18. The van der Waals surface area contributed by atoms with E-state index in [1.165, 1.54) is 6.26 Å². The van der Waals surface area contributed by atoms with Crippen LogP contribution in [0, 0.1) is 0 Å². The molecule has 0 aliphatic carbocycles. The van der Waals surface area contributed by atoms with Gasteiger partial charge in [0.2, 0.25) is 0 Å². The quantitative estimate of drug-likeness (QED) is 0.254. The van der Waals surface area contributed by atoms with E-state index in [1.54, 1.807) is 12.1 Å². The molecule has 0 unspecified atom stereocenters. The zero-order valence-electron chi connectivity index (χ0n) is 21.2. The molecule has 0 amide bonds. The van der Waals surface area contributed by atoms with Crippen LogP contribution >= 0.6 is 0 Å². The molecule has 0 fully saturated rings. The number of rotatable bonds is 8. The smallest absolute Gasteiger partial charge is 0.175 e. The van der Waals surface area contributed by atoms with Crippen LogP contribution in [-0.2, 0) is 27.8 Å². The molecule has 0 aromatic heterocycles. The number of ether oxygens (including phenoxy) is 2. The average Bonchev–Trinajstić information content (AvgIpc) is 2.86. The molecule has 0 N–H and O–H groups in total. The van der Waals surface area contributed by atoms with Crippen molar-refractivity contribution >= 4 is 9.84 Å². The van der Waals surface area contributed by atoms with Gasteiger partial charge in [-0.05, 0) is 66.8 Å². The molecule has 4 aromatic carbocycles. The minimum Gasteiger partial charge on any atom is -0.488 e. The highest BCUT2D eigenvalue weighted by molar-refractivity contribution is 7.90. The van der Waals surface area contributed by atoms with Crippen LogP contribution in [0.25, 0.3) is 22.3 Å². The SMILES string of the molecule is CC(C)(C)OCc1ccc(-c2cccc(OCc3ccccc3)c2-c2ccc(S(C)(=O)=O)cc2)cc1. The molecular weight excluding hydrogens is 468 g/mol. The van der Waals surface area contributed by atoms with E-state index in [0.717, 1.165) is 39.1 Å². The molecule has 186 valence electrons. The zero-order valence-corrected chi connectivity index (χ0v) is 22.0. The minimum atomic E-state index is -3.28. The van der Waals surface area contributed by atoms with E-state index in [4.69, 9.17) is 9.47 Å². The highest BCUT2D eigenvalue weighted by Gasteiger charge is 2.16. The summed E-state index contributed by atoms with van der Waals surface area (Å²) in [5.41, 5.74) is 5.84. The molecule has 4 nitrogen and oxygen atoms in total. The van der Waals surface area contributed by atoms with Crippen LogP contribution < -0.4 is 4.74 Å². The zero-order chi connectivity index (χ0) is 25.8. The number of hydrogen-bond donors (Lipinski definition) is 0. The molecule has 5 heteroatoms. The second kappa shape index (κ2) is 10.7. The first kappa shape index (κ1) is 25.7. The van der Waals surface area contributed by atoms with Crippen molar-refractivity contribution < 1.29 is 17.9 Å². The first-order chi connectivity index (χ1) is 17.1. The molecule has 0 spiro atoms. The van der Waals surface area contributed by atoms with Crippen LogP contribution in [0.15, 0.2) is 102 Å². The Hall–Kier alpha value is -3.41. The third-order valence-corrected chi connectivity index (χ3v) is 6.90. The summed E-state index contributed by atoms with van der Waals surface area (Å²) in [5.74, 6) is 0.739. The van der Waals surface area contributed by atoms with Crippen molar-refractivity contribution in [3.8, 4) is 28.0 Å². The van der Waals surface area contributed by atoms with Gasteiger partial charge in [-0.15, -0.1) is 0 Å². The van der Waals surface area contributed by atoms with Crippen LogP contribution in [-0.4, -0.2) is 20.3 Å². The first-order valence-electron chi connectivity index (χ1n) is 11.9. The molecule has 4 aromatic rings. The van der Waals surface area contributed by atoms with Gasteiger partial charge in [0.15, 0.2) is 9.84 Å². The molecule has 36 heavy (non-hydrogen) atoms. The Balaban J connectivity index is 1.73. The number of hydrogen-bond acceptors (Lipinski definition) is 4. The van der Waals surface area contributed by atoms with Gasteiger partial charge < -0.3 is 9.47 Å². The molecule has 0 bridgehead atoms. The van der Waals surface area contributed by atoms with Crippen molar-refractivity contribution in [2.75, 3.05) is 6.26 Å². The fraction of sp³-hybridized carbons (Fsp3) is 0.226. The highest BCUT2D eigenvalue weighted by Crippen LogP contribution is 2.40. The maximum Gasteiger partial charge on any atom is 0.175 e. The van der Waals surface area contributed by atoms with Crippen molar-refractivity contribution in [2.45, 2.75) is 44.5 Å². The largest absolute Gasteiger partial charge is 0.488 e. The van der Waals surface area contributed by atoms with E-state index in [2.05, 4.69) is 30.3 Å². The van der Waals surface area contributed by atoms with Gasteiger partial charge in [0, 0.05) is 11.8 Å². The topological polar surface area (TPSA) is 52.6 Å². The second-order valence-electron chi connectivity index (χ2n) is 9.85. The normalized spacial score (nSPS) is 11.9. The highest BCUT2D eigenvalue weighted by atomic mass is 32.2. The standard InChI is InChI=1S/C31H32O4S/c1-31(2,3)35-22-24-13-15-25(16-14-24)28-11-8-12-29(34-21-23-9-6-5-7-10-23)30(28)26-17-19-27(20-18-26)36(4,32)33/h5-20H,21-22H2,1-4H3. The fourth-order valence-corrected chi connectivity index (χ4v) is 4.50. The Morgan fingerprint density at radius 2 is 1.28 bits per heavy atom. The maximum atomic E-state index is 12.0. The van der Waals surface area contributed by atoms with Crippen molar-refractivity contribution in [3.63, 3.8) is 0 Å². The number of benzene rings is 4. The summed E-state index contributed by atoms with van der Waals surface area (Å²) in [6, 6.07) is 31.4. The van der Waals surface area contributed by atoms with E-state index in [-0.39, 0.29) is 5.60 Å². The van der Waals surface area contributed by atoms with Crippen molar-refractivity contribution in [2.24, 2.45) is 0 Å². The van der Waals surface area contributed by atoms with Crippen LogP contribution in [0.2, 0.25) is 0 Å². The molecule has 0 atom stereocenters. The Morgan fingerprint density at radius 1 is 0.667 bits per heavy atom. The van der Waals surface area contributed by atoms with E-state index in [1.807, 2.05) is 75.4 Å². The monoisotopic (exact) mass is 500 g/mol. The summed E-state index contributed by atoms with van der Waals surface area (Å²) in [6.45, 7) is 7.11. The minimum absolute atomic E-state index is 0.200. The Kier molecular flexibility index (Phi) is 7.62. The van der Waals surface area contributed by atoms with Gasteiger partial charge in [-0.1, -0.05) is 78.9 Å². The Morgan fingerprint density at radius 3 is 1.89 bits per heavy atom. The fourth-order valence-electron chi connectivity index (χ4n) is 3.87. The van der Waals surface area contributed by atoms with Gasteiger partial charge in [-0.3, -0.25) is 0 Å². The van der Waals surface area contributed by atoms with Crippen LogP contribution in [0.5, 0.6) is 5.75 Å². The van der Waals surface area contributed by atoms with E-state index in [0.29, 0.717) is 18.1 Å². The van der Waals surface area contributed by atoms with E-state index in [9.17, 15) is 8.42 Å². The molecule has 0 heterocycles. The van der Waals surface area contributed by atoms with E-state index >= 15 is 0 Å². The summed E-state index contributed by atoms with van der Waals surface area (Å²) < 4.78 is 36.2. The first-order valence-corrected chi connectivity index (χ1v) is 13.8. The van der Waals surface area contributed by atoms with Crippen LogP contribution in [0.1, 0.15) is 31.9 Å². The summed E-state index contributed by atoms with van der Waals surface area (Å²) in [7, 11) is -3.28.